The average molecular weight is 463 g/mol. The van der Waals surface area contributed by atoms with Crippen molar-refractivity contribution in [2.45, 2.75) is 37.9 Å². The highest BCUT2D eigenvalue weighted by molar-refractivity contribution is 7.88. The number of halogens is 1. The number of nitrogens with one attached hydrogen (secondary N) is 2. The molecular formula is C20H27FN8O2S. The van der Waals surface area contributed by atoms with E-state index in [1.807, 2.05) is 18.5 Å². The molecule has 0 spiro atoms. The van der Waals surface area contributed by atoms with Gasteiger partial charge in [0.2, 0.25) is 16.0 Å². The van der Waals surface area contributed by atoms with Gasteiger partial charge in [-0.05, 0) is 31.7 Å². The standard InChI is InChI=1S/C20H27FN8O2S/c1-32(30,31)28-8-4-16(5-9-28)24-20-25-19-18(27-7-2-3-15(21)13-27)17(6-10-29(19)26-20)14-11-22-23-12-14/h6,10-12,15-16H,2-5,7-9,13H2,1H3,(H,22,23)(H,24,26). The van der Waals surface area contributed by atoms with Gasteiger partial charge in [0.1, 0.15) is 6.17 Å². The van der Waals surface area contributed by atoms with Gasteiger partial charge < -0.3 is 10.2 Å². The van der Waals surface area contributed by atoms with Crippen LogP contribution in [0.5, 0.6) is 0 Å². The number of fused-ring (bicyclic) bond motifs is 1. The van der Waals surface area contributed by atoms with Crippen molar-refractivity contribution in [1.82, 2.24) is 29.1 Å². The molecule has 5 rings (SSSR count). The Kier molecular flexibility index (Phi) is 5.49. The second-order valence-corrected chi connectivity index (χ2v) is 10.5. The minimum Gasteiger partial charge on any atom is -0.365 e. The van der Waals surface area contributed by atoms with Gasteiger partial charge in [-0.1, -0.05) is 0 Å². The van der Waals surface area contributed by atoms with E-state index in [1.165, 1.54) is 10.6 Å². The Labute approximate surface area is 185 Å². The summed E-state index contributed by atoms with van der Waals surface area (Å²) in [6.45, 7) is 2.03. The highest BCUT2D eigenvalue weighted by Crippen LogP contribution is 2.36. The predicted molar refractivity (Wildman–Crippen MR) is 120 cm³/mol. The van der Waals surface area contributed by atoms with E-state index in [-0.39, 0.29) is 6.04 Å². The summed E-state index contributed by atoms with van der Waals surface area (Å²) in [6.07, 6.45) is 8.51. The highest BCUT2D eigenvalue weighted by atomic mass is 32.2. The number of hydrogen-bond donors (Lipinski definition) is 2. The number of hydrogen-bond acceptors (Lipinski definition) is 7. The molecule has 10 nitrogen and oxygen atoms in total. The van der Waals surface area contributed by atoms with Crippen molar-refractivity contribution in [3.63, 3.8) is 0 Å². The van der Waals surface area contributed by atoms with Gasteiger partial charge in [0.25, 0.3) is 0 Å². The predicted octanol–water partition coefficient (Wildman–Crippen LogP) is 1.89. The first-order valence-electron chi connectivity index (χ1n) is 10.9. The summed E-state index contributed by atoms with van der Waals surface area (Å²) in [5.41, 5.74) is 3.35. The Bertz CT molecular complexity index is 1190. The summed E-state index contributed by atoms with van der Waals surface area (Å²) >= 11 is 0. The lowest BCUT2D eigenvalue weighted by atomic mass is 10.0. The lowest BCUT2D eigenvalue weighted by molar-refractivity contribution is 0.287. The van der Waals surface area contributed by atoms with Crippen LogP contribution in [-0.4, -0.2) is 82.2 Å². The molecule has 2 aliphatic rings. The molecule has 2 aliphatic heterocycles. The molecule has 0 aromatic carbocycles. The van der Waals surface area contributed by atoms with Crippen molar-refractivity contribution in [2.75, 3.05) is 42.7 Å². The van der Waals surface area contributed by atoms with Crippen LogP contribution in [0, 0.1) is 0 Å². The fraction of sp³-hybridized carbons (Fsp3) is 0.550. The van der Waals surface area contributed by atoms with Crippen molar-refractivity contribution in [1.29, 1.82) is 0 Å². The smallest absolute Gasteiger partial charge is 0.243 e. The molecule has 12 heteroatoms. The first-order valence-corrected chi connectivity index (χ1v) is 12.7. The van der Waals surface area contributed by atoms with E-state index in [2.05, 4.69) is 25.5 Å². The maximum atomic E-state index is 14.3. The number of H-pyrrole nitrogens is 1. The Morgan fingerprint density at radius 2 is 2.03 bits per heavy atom. The monoisotopic (exact) mass is 462 g/mol. The van der Waals surface area contributed by atoms with Crippen LogP contribution in [0.15, 0.2) is 24.7 Å². The highest BCUT2D eigenvalue weighted by Gasteiger charge is 2.28. The molecule has 1 unspecified atom stereocenters. The molecule has 3 aromatic rings. The number of piperidine rings is 2. The van der Waals surface area contributed by atoms with E-state index in [4.69, 9.17) is 4.98 Å². The third kappa shape index (κ3) is 4.16. The van der Waals surface area contributed by atoms with Gasteiger partial charge in [0.15, 0.2) is 5.65 Å². The summed E-state index contributed by atoms with van der Waals surface area (Å²) in [6, 6.07) is 2.05. The number of aromatic nitrogens is 5. The van der Waals surface area contributed by atoms with Crippen LogP contribution in [-0.2, 0) is 10.0 Å². The van der Waals surface area contributed by atoms with Gasteiger partial charge in [0, 0.05) is 55.7 Å². The first-order chi connectivity index (χ1) is 15.4. The van der Waals surface area contributed by atoms with Crippen molar-refractivity contribution in [3.05, 3.63) is 24.7 Å². The molecule has 2 N–H and O–H groups in total. The molecule has 3 aromatic heterocycles. The number of sulfonamides is 1. The molecule has 0 bridgehead atoms. The van der Waals surface area contributed by atoms with Crippen molar-refractivity contribution < 1.29 is 12.8 Å². The van der Waals surface area contributed by atoms with Gasteiger partial charge >= 0.3 is 0 Å². The number of nitrogens with zero attached hydrogens (tertiary/aromatic N) is 6. The summed E-state index contributed by atoms with van der Waals surface area (Å²) < 4.78 is 41.0. The maximum Gasteiger partial charge on any atom is 0.243 e. The second-order valence-electron chi connectivity index (χ2n) is 8.53. The second kappa shape index (κ2) is 8.32. The van der Waals surface area contributed by atoms with E-state index in [1.54, 1.807) is 10.7 Å². The molecule has 2 fully saturated rings. The van der Waals surface area contributed by atoms with Gasteiger partial charge in [0.05, 0.1) is 18.1 Å². The van der Waals surface area contributed by atoms with Gasteiger partial charge in [-0.25, -0.2) is 21.6 Å². The normalized spacial score (nSPS) is 21.3. The van der Waals surface area contributed by atoms with E-state index in [0.29, 0.717) is 50.5 Å². The summed E-state index contributed by atoms with van der Waals surface area (Å²) in [4.78, 5) is 6.81. The Morgan fingerprint density at radius 3 is 2.72 bits per heavy atom. The quantitative estimate of drug-likeness (QED) is 0.596. The zero-order valence-electron chi connectivity index (χ0n) is 17.9. The van der Waals surface area contributed by atoms with E-state index in [0.717, 1.165) is 29.8 Å². The van der Waals surface area contributed by atoms with Crippen LogP contribution in [0.2, 0.25) is 0 Å². The number of anilines is 2. The number of rotatable bonds is 5. The summed E-state index contributed by atoms with van der Waals surface area (Å²) in [5, 5.41) is 14.9. The third-order valence-corrected chi connectivity index (χ3v) is 7.53. The number of pyridine rings is 1. The summed E-state index contributed by atoms with van der Waals surface area (Å²) in [7, 11) is -3.17. The maximum absolute atomic E-state index is 14.3. The van der Waals surface area contributed by atoms with Gasteiger partial charge in [-0.2, -0.15) is 10.1 Å². The van der Waals surface area contributed by atoms with Crippen molar-refractivity contribution >= 4 is 27.3 Å². The molecule has 0 aliphatic carbocycles. The molecule has 1 atom stereocenters. The van der Waals surface area contributed by atoms with Crippen LogP contribution in [0.1, 0.15) is 25.7 Å². The number of aromatic amines is 1. The van der Waals surface area contributed by atoms with Crippen LogP contribution in [0.4, 0.5) is 16.0 Å². The molecule has 2 saturated heterocycles. The van der Waals surface area contributed by atoms with Crippen LogP contribution in [0.3, 0.4) is 0 Å². The minimum absolute atomic E-state index is 0.0902. The van der Waals surface area contributed by atoms with Crippen LogP contribution < -0.4 is 10.2 Å². The van der Waals surface area contributed by atoms with Crippen molar-refractivity contribution in [2.24, 2.45) is 0 Å². The summed E-state index contributed by atoms with van der Waals surface area (Å²) in [5.74, 6) is 0.488. The Hall–Kier alpha value is -2.73. The largest absolute Gasteiger partial charge is 0.365 e. The molecule has 172 valence electrons. The van der Waals surface area contributed by atoms with Crippen LogP contribution >= 0.6 is 0 Å². The lowest BCUT2D eigenvalue weighted by Crippen LogP contribution is -2.41. The molecule has 0 radical (unpaired) electrons. The molecule has 0 saturated carbocycles. The molecule has 5 heterocycles. The fourth-order valence-electron chi connectivity index (χ4n) is 4.58. The lowest BCUT2D eigenvalue weighted by Gasteiger charge is -2.32. The Balaban J connectivity index is 1.45. The molecule has 32 heavy (non-hydrogen) atoms. The zero-order chi connectivity index (χ0) is 22.3. The average Bonchev–Trinajstić information content (AvgIpc) is 3.42. The molecule has 0 amide bonds. The topological polar surface area (TPSA) is 112 Å². The Morgan fingerprint density at radius 1 is 1.22 bits per heavy atom. The minimum atomic E-state index is -3.17. The van der Waals surface area contributed by atoms with Crippen molar-refractivity contribution in [3.8, 4) is 11.1 Å². The molecular weight excluding hydrogens is 435 g/mol. The fourth-order valence-corrected chi connectivity index (χ4v) is 5.45. The zero-order valence-corrected chi connectivity index (χ0v) is 18.7. The van der Waals surface area contributed by atoms with Gasteiger partial charge in [-0.3, -0.25) is 5.10 Å². The van der Waals surface area contributed by atoms with E-state index in [9.17, 15) is 12.8 Å². The first kappa shape index (κ1) is 21.1. The third-order valence-electron chi connectivity index (χ3n) is 6.23. The van der Waals surface area contributed by atoms with E-state index < -0.39 is 16.2 Å². The van der Waals surface area contributed by atoms with Crippen LogP contribution in [0.25, 0.3) is 16.8 Å². The SMILES string of the molecule is CS(=O)(=O)N1CCC(Nc2nc3c(N4CCCC(F)C4)c(-c4cn[nH]c4)ccn3n2)CC1. The van der Waals surface area contributed by atoms with Gasteiger partial charge in [-0.15, -0.1) is 5.10 Å². The van der Waals surface area contributed by atoms with E-state index >= 15 is 0 Å². The number of alkyl halides is 1.